The van der Waals surface area contributed by atoms with E-state index < -0.39 is 5.56 Å². The number of H-pyrrole nitrogens is 2. The second kappa shape index (κ2) is 8.01. The molecule has 9 nitrogen and oxygen atoms in total. The van der Waals surface area contributed by atoms with Crippen LogP contribution >= 0.6 is 11.3 Å². The predicted molar refractivity (Wildman–Crippen MR) is 130 cm³/mol. The molecule has 0 fully saturated rings. The first kappa shape index (κ1) is 19.9. The number of rotatable bonds is 4. The van der Waals surface area contributed by atoms with Gasteiger partial charge in [0, 0.05) is 11.2 Å². The normalized spacial score (nSPS) is 11.6. The molecule has 34 heavy (non-hydrogen) atoms. The predicted octanol–water partition coefficient (Wildman–Crippen LogP) is 2.85. The van der Waals surface area contributed by atoms with E-state index in [1.54, 1.807) is 27.8 Å². The third-order valence-electron chi connectivity index (χ3n) is 5.26. The molecular weight excluding hydrogens is 450 g/mol. The van der Waals surface area contributed by atoms with Gasteiger partial charge in [0.25, 0.3) is 16.9 Å². The largest absolute Gasteiger partial charge is 0.365 e. The lowest BCUT2D eigenvalue weighted by Gasteiger charge is -2.01. The van der Waals surface area contributed by atoms with Crippen molar-refractivity contribution in [2.75, 3.05) is 0 Å². The van der Waals surface area contributed by atoms with Crippen molar-refractivity contribution in [3.05, 3.63) is 105 Å². The first-order chi connectivity index (χ1) is 16.7. The average Bonchev–Trinajstić information content (AvgIpc) is 3.50. The fourth-order valence-corrected chi connectivity index (χ4v) is 4.53. The van der Waals surface area contributed by atoms with Crippen LogP contribution in [0, 0.1) is 0 Å². The maximum absolute atomic E-state index is 12.4. The molecule has 0 saturated carbocycles. The molecule has 0 amide bonds. The SMILES string of the molecule is O=c1[nH][nH]c(=O)c2cc(-n3nc(C=Cc4ccccc4)n[n+]3-c3nc4ccccc4s3)ccc12. The van der Waals surface area contributed by atoms with Crippen molar-refractivity contribution in [3.63, 3.8) is 0 Å². The van der Waals surface area contributed by atoms with E-state index in [0.29, 0.717) is 22.0 Å². The van der Waals surface area contributed by atoms with Gasteiger partial charge in [-0.05, 0) is 56.7 Å². The fourth-order valence-electron chi connectivity index (χ4n) is 3.63. The summed E-state index contributed by atoms with van der Waals surface area (Å²) in [5.41, 5.74) is 1.67. The third kappa shape index (κ3) is 3.51. The summed E-state index contributed by atoms with van der Waals surface area (Å²) in [6.45, 7) is 0. The van der Waals surface area contributed by atoms with E-state index in [4.69, 9.17) is 4.98 Å². The Bertz CT molecular complexity index is 1780. The van der Waals surface area contributed by atoms with Gasteiger partial charge in [-0.3, -0.25) is 19.8 Å². The van der Waals surface area contributed by atoms with Gasteiger partial charge in [0.15, 0.2) is 5.52 Å². The Morgan fingerprint density at radius 1 is 0.853 bits per heavy atom. The second-order valence-corrected chi connectivity index (χ2v) is 8.49. The summed E-state index contributed by atoms with van der Waals surface area (Å²) < 4.78 is 1.02. The molecule has 0 saturated heterocycles. The maximum atomic E-state index is 12.4. The summed E-state index contributed by atoms with van der Waals surface area (Å²) in [5.74, 6) is 0.461. The van der Waals surface area contributed by atoms with Gasteiger partial charge in [0.05, 0.1) is 15.5 Å². The van der Waals surface area contributed by atoms with Crippen LogP contribution in [-0.2, 0) is 0 Å². The Balaban J connectivity index is 1.54. The number of fused-ring (bicyclic) bond motifs is 2. The van der Waals surface area contributed by atoms with Crippen LogP contribution in [0.5, 0.6) is 0 Å². The number of benzene rings is 3. The van der Waals surface area contributed by atoms with Crippen LogP contribution in [0.1, 0.15) is 11.4 Å². The second-order valence-electron chi connectivity index (χ2n) is 7.48. The fraction of sp³-hybridized carbons (Fsp3) is 0. The Hall–Kier alpha value is -4.70. The molecule has 10 heteroatoms. The van der Waals surface area contributed by atoms with Crippen molar-refractivity contribution in [2.45, 2.75) is 0 Å². The maximum Gasteiger partial charge on any atom is 0.365 e. The summed E-state index contributed by atoms with van der Waals surface area (Å²) in [6, 6.07) is 22.6. The monoisotopic (exact) mass is 466 g/mol. The molecule has 3 aromatic heterocycles. The van der Waals surface area contributed by atoms with Gasteiger partial charge in [-0.25, -0.2) is 0 Å². The molecule has 3 aromatic carbocycles. The molecule has 6 aromatic rings. The zero-order valence-corrected chi connectivity index (χ0v) is 18.4. The summed E-state index contributed by atoms with van der Waals surface area (Å²) in [7, 11) is 0. The van der Waals surface area contributed by atoms with E-state index in [1.165, 1.54) is 11.3 Å². The minimum absolute atomic E-state index is 0.258. The van der Waals surface area contributed by atoms with Gasteiger partial charge >= 0.3 is 5.13 Å². The van der Waals surface area contributed by atoms with E-state index in [9.17, 15) is 9.59 Å². The number of hydrogen-bond donors (Lipinski definition) is 2. The van der Waals surface area contributed by atoms with E-state index in [0.717, 1.165) is 15.8 Å². The Morgan fingerprint density at radius 2 is 1.62 bits per heavy atom. The van der Waals surface area contributed by atoms with Crippen molar-refractivity contribution in [3.8, 4) is 10.8 Å². The molecule has 2 N–H and O–H groups in total. The number of nitrogens with zero attached hydrogens (tertiary/aromatic N) is 5. The number of hydrogen-bond acceptors (Lipinski definition) is 6. The van der Waals surface area contributed by atoms with Gasteiger partial charge in [-0.2, -0.15) is 0 Å². The van der Waals surface area contributed by atoms with Crippen LogP contribution in [-0.4, -0.2) is 30.2 Å². The number of para-hydroxylation sites is 1. The lowest BCUT2D eigenvalue weighted by Crippen LogP contribution is -2.43. The smallest absolute Gasteiger partial charge is 0.267 e. The number of aromatic amines is 2. The zero-order valence-electron chi connectivity index (χ0n) is 17.5. The number of thiazole rings is 1. The molecule has 0 bridgehead atoms. The zero-order chi connectivity index (χ0) is 23.1. The quantitative estimate of drug-likeness (QED) is 0.388. The van der Waals surface area contributed by atoms with Crippen LogP contribution in [0.4, 0.5) is 0 Å². The van der Waals surface area contributed by atoms with Crippen LogP contribution < -0.4 is 15.9 Å². The van der Waals surface area contributed by atoms with Crippen molar-refractivity contribution < 1.29 is 4.80 Å². The van der Waals surface area contributed by atoms with Gasteiger partial charge in [-0.1, -0.05) is 58.8 Å². The van der Waals surface area contributed by atoms with Gasteiger partial charge in [-0.15, -0.1) is 0 Å². The van der Waals surface area contributed by atoms with Crippen molar-refractivity contribution >= 4 is 44.5 Å². The van der Waals surface area contributed by atoms with Crippen LogP contribution in [0.15, 0.2) is 82.4 Å². The van der Waals surface area contributed by atoms with Crippen molar-refractivity contribution in [1.29, 1.82) is 0 Å². The Morgan fingerprint density at radius 3 is 2.44 bits per heavy atom. The number of tetrazole rings is 1. The minimum Gasteiger partial charge on any atom is -0.267 e. The van der Waals surface area contributed by atoms with E-state index in [2.05, 4.69) is 20.4 Å². The molecule has 0 spiro atoms. The molecular formula is C24H16N7O2S+. The number of nitrogens with one attached hydrogen (secondary N) is 2. The Labute approximate surface area is 195 Å². The summed E-state index contributed by atoms with van der Waals surface area (Å²) in [4.78, 5) is 32.3. The number of aromatic nitrogens is 7. The molecule has 0 radical (unpaired) electrons. The molecule has 0 aliphatic carbocycles. The molecule has 0 aliphatic heterocycles. The van der Waals surface area contributed by atoms with Gasteiger partial charge < -0.3 is 0 Å². The summed E-state index contributed by atoms with van der Waals surface area (Å²) >= 11 is 1.48. The highest BCUT2D eigenvalue weighted by molar-refractivity contribution is 7.20. The van der Waals surface area contributed by atoms with Crippen molar-refractivity contribution in [1.82, 2.24) is 30.2 Å². The van der Waals surface area contributed by atoms with Crippen LogP contribution in [0.25, 0.3) is 44.0 Å². The molecule has 6 rings (SSSR count). The third-order valence-corrected chi connectivity index (χ3v) is 6.27. The van der Waals surface area contributed by atoms with Crippen molar-refractivity contribution in [2.24, 2.45) is 0 Å². The summed E-state index contributed by atoms with van der Waals surface area (Å²) in [5, 5.41) is 15.2. The van der Waals surface area contributed by atoms with E-state index in [-0.39, 0.29) is 10.9 Å². The molecule has 0 atom stereocenters. The van der Waals surface area contributed by atoms with Gasteiger partial charge in [0.2, 0.25) is 0 Å². The lowest BCUT2D eigenvalue weighted by molar-refractivity contribution is -0.734. The first-order valence-electron chi connectivity index (χ1n) is 10.4. The summed E-state index contributed by atoms with van der Waals surface area (Å²) in [6.07, 6.45) is 3.74. The Kier molecular flexibility index (Phi) is 4.70. The van der Waals surface area contributed by atoms with Crippen LogP contribution in [0.2, 0.25) is 0 Å². The highest BCUT2D eigenvalue weighted by atomic mass is 32.1. The molecule has 3 heterocycles. The topological polar surface area (TPSA) is 113 Å². The van der Waals surface area contributed by atoms with Crippen LogP contribution in [0.3, 0.4) is 0 Å². The van der Waals surface area contributed by atoms with E-state index in [1.807, 2.05) is 66.7 Å². The molecule has 164 valence electrons. The average molecular weight is 467 g/mol. The van der Waals surface area contributed by atoms with Gasteiger partial charge in [0.1, 0.15) is 5.69 Å². The minimum atomic E-state index is -0.396. The molecule has 0 aliphatic rings. The molecule has 0 unspecified atom stereocenters. The highest BCUT2D eigenvalue weighted by Gasteiger charge is 2.23. The first-order valence-corrected chi connectivity index (χ1v) is 11.2. The lowest BCUT2D eigenvalue weighted by atomic mass is 10.2. The standard InChI is InChI=1S/C24H15N7O2S/c32-22-17-12-11-16(14-18(17)23(33)27-26-22)30-28-21(13-10-15-6-2-1-3-7-15)29-31(30)24-25-19-8-4-5-9-20(19)34-24/h1-14H,(H,28,29)/p+1. The van der Waals surface area contributed by atoms with E-state index >= 15 is 0 Å². The highest BCUT2D eigenvalue weighted by Crippen LogP contribution is 2.22.